The second kappa shape index (κ2) is 12.4. The van der Waals surface area contributed by atoms with Crippen LogP contribution in [0.5, 0.6) is 11.5 Å². The van der Waals surface area contributed by atoms with E-state index in [1.807, 2.05) is 24.3 Å². The van der Waals surface area contributed by atoms with Crippen molar-refractivity contribution in [1.82, 2.24) is 0 Å². The Balaban J connectivity index is 1.11. The van der Waals surface area contributed by atoms with E-state index in [2.05, 4.69) is 60.7 Å². The van der Waals surface area contributed by atoms with Crippen LogP contribution in [-0.4, -0.2) is 36.4 Å². The van der Waals surface area contributed by atoms with Gasteiger partial charge in [0, 0.05) is 0 Å². The summed E-state index contributed by atoms with van der Waals surface area (Å²) in [6, 6.07) is 29.5. The fourth-order valence-corrected chi connectivity index (χ4v) is 7.21. The summed E-state index contributed by atoms with van der Waals surface area (Å²) in [5, 5.41) is 24.1. The number of likely N-dealkylation sites (tertiary alicyclic amines) is 2. The summed E-state index contributed by atoms with van der Waals surface area (Å²) in [6.07, 6.45) is 7.25. The molecule has 4 heteroatoms. The molecule has 0 bridgehead atoms. The van der Waals surface area contributed by atoms with E-state index in [-0.39, 0.29) is 0 Å². The maximum absolute atomic E-state index is 10.9. The lowest BCUT2D eigenvalue weighted by Gasteiger charge is -2.30. The lowest BCUT2D eigenvalue weighted by molar-refractivity contribution is -0.919. The van der Waals surface area contributed by atoms with Gasteiger partial charge in [0.2, 0.25) is 0 Å². The van der Waals surface area contributed by atoms with Crippen LogP contribution in [0.1, 0.15) is 47.9 Å². The van der Waals surface area contributed by atoms with E-state index in [9.17, 15) is 10.2 Å². The molecular formula is C36H44N2O2+2. The Hall–Kier alpha value is -3.34. The van der Waals surface area contributed by atoms with Crippen LogP contribution in [-0.2, 0) is 25.9 Å². The van der Waals surface area contributed by atoms with Gasteiger partial charge in [-0.1, -0.05) is 72.8 Å². The summed E-state index contributed by atoms with van der Waals surface area (Å²) in [5.74, 6) is 2.26. The smallest absolute Gasteiger partial charge is 0.125 e. The van der Waals surface area contributed by atoms with Crippen molar-refractivity contribution in [3.8, 4) is 11.5 Å². The van der Waals surface area contributed by atoms with Crippen LogP contribution < -0.4 is 9.80 Å². The molecule has 2 fully saturated rings. The van der Waals surface area contributed by atoms with Crippen LogP contribution in [0.3, 0.4) is 0 Å². The molecule has 4 N–H and O–H groups in total. The molecule has 208 valence electrons. The summed E-state index contributed by atoms with van der Waals surface area (Å²) < 4.78 is 0. The number of hydrogen-bond donors (Lipinski definition) is 4. The zero-order chi connectivity index (χ0) is 27.3. The molecule has 0 radical (unpaired) electrons. The molecule has 2 saturated heterocycles. The number of benzene rings is 4. The highest BCUT2D eigenvalue weighted by molar-refractivity contribution is 5.91. The van der Waals surface area contributed by atoms with E-state index >= 15 is 0 Å². The molecule has 0 aromatic heterocycles. The Kier molecular flexibility index (Phi) is 8.36. The zero-order valence-corrected chi connectivity index (χ0v) is 23.6. The SMILES string of the molecule is Oc1ccc2c(C[NH+]3CCC(Cc4ccccc4)CC3)c(O)ccc2c1C[NH+]1CCC(Cc2ccccc2)CC1. The normalized spacial score (nSPS) is 23.3. The van der Waals surface area contributed by atoms with Crippen molar-refractivity contribution in [2.75, 3.05) is 26.2 Å². The van der Waals surface area contributed by atoms with Crippen molar-refractivity contribution in [3.63, 3.8) is 0 Å². The predicted molar refractivity (Wildman–Crippen MR) is 162 cm³/mol. The van der Waals surface area contributed by atoms with Crippen LogP contribution in [0.2, 0.25) is 0 Å². The molecule has 4 nitrogen and oxygen atoms in total. The summed E-state index contributed by atoms with van der Waals surface area (Å²) in [5.41, 5.74) is 4.95. The quantitative estimate of drug-likeness (QED) is 0.271. The molecule has 0 saturated carbocycles. The predicted octanol–water partition coefficient (Wildman–Crippen LogP) is 4.33. The first kappa shape index (κ1) is 26.9. The Morgan fingerprint density at radius 1 is 0.500 bits per heavy atom. The number of rotatable bonds is 8. The number of nitrogens with one attached hydrogen (secondary N) is 2. The van der Waals surface area contributed by atoms with Gasteiger partial charge >= 0.3 is 0 Å². The monoisotopic (exact) mass is 536 g/mol. The van der Waals surface area contributed by atoms with Crippen LogP contribution in [0.25, 0.3) is 10.8 Å². The van der Waals surface area contributed by atoms with E-state index in [1.54, 1.807) is 9.80 Å². The lowest BCUT2D eigenvalue weighted by atomic mass is 9.89. The average molecular weight is 537 g/mol. The topological polar surface area (TPSA) is 49.3 Å². The second-order valence-corrected chi connectivity index (χ2v) is 12.3. The molecule has 4 aromatic carbocycles. The van der Waals surface area contributed by atoms with Crippen LogP contribution >= 0.6 is 0 Å². The molecule has 0 unspecified atom stereocenters. The standard InChI is InChI=1S/C36H42N2O2/c39-35-13-12-32-31(33(35)25-37-19-15-29(16-20-37)23-27-7-3-1-4-8-27)11-14-36(40)34(32)26-38-21-17-30(18-22-38)24-28-9-5-2-6-10-28/h1-14,29-30,39-40H,15-26H2/p+2. The molecular weight excluding hydrogens is 492 g/mol. The average Bonchev–Trinajstić information content (AvgIpc) is 2.99. The van der Waals surface area contributed by atoms with E-state index in [1.165, 1.54) is 49.7 Å². The molecule has 0 spiro atoms. The van der Waals surface area contributed by atoms with Gasteiger partial charge in [-0.3, -0.25) is 0 Å². The molecule has 0 amide bonds. The zero-order valence-electron chi connectivity index (χ0n) is 23.6. The third-order valence-corrected chi connectivity index (χ3v) is 9.59. The molecule has 0 atom stereocenters. The molecule has 40 heavy (non-hydrogen) atoms. The highest BCUT2D eigenvalue weighted by Gasteiger charge is 2.27. The van der Waals surface area contributed by atoms with Crippen LogP contribution in [0.4, 0.5) is 0 Å². The number of hydrogen-bond acceptors (Lipinski definition) is 2. The van der Waals surface area contributed by atoms with Gasteiger partial charge < -0.3 is 20.0 Å². The van der Waals surface area contributed by atoms with Gasteiger partial charge in [0.05, 0.1) is 37.3 Å². The minimum atomic E-state index is 0.386. The van der Waals surface area contributed by atoms with Gasteiger partial charge in [-0.2, -0.15) is 0 Å². The minimum Gasteiger partial charge on any atom is -0.507 e. The van der Waals surface area contributed by atoms with Gasteiger partial charge in [0.25, 0.3) is 0 Å². The van der Waals surface area contributed by atoms with Crippen molar-refractivity contribution in [1.29, 1.82) is 0 Å². The Bertz CT molecular complexity index is 1280. The number of fused-ring (bicyclic) bond motifs is 1. The van der Waals surface area contributed by atoms with Crippen molar-refractivity contribution >= 4 is 10.8 Å². The van der Waals surface area contributed by atoms with E-state index in [0.717, 1.165) is 73.0 Å². The lowest BCUT2D eigenvalue weighted by Crippen LogP contribution is -3.11. The largest absolute Gasteiger partial charge is 0.507 e. The fraction of sp³-hybridized carbons (Fsp3) is 0.389. The summed E-state index contributed by atoms with van der Waals surface area (Å²) >= 11 is 0. The van der Waals surface area contributed by atoms with Crippen molar-refractivity contribution in [2.45, 2.75) is 51.6 Å². The van der Waals surface area contributed by atoms with E-state index in [0.29, 0.717) is 11.5 Å². The Morgan fingerprint density at radius 3 is 1.25 bits per heavy atom. The maximum atomic E-state index is 10.9. The molecule has 2 aliphatic heterocycles. The first-order valence-corrected chi connectivity index (χ1v) is 15.3. The second-order valence-electron chi connectivity index (χ2n) is 12.3. The molecule has 0 aliphatic carbocycles. The van der Waals surface area contributed by atoms with Crippen molar-refractivity contribution < 1.29 is 20.0 Å². The summed E-state index contributed by atoms with van der Waals surface area (Å²) in [7, 11) is 0. The molecule has 4 aromatic rings. The fourth-order valence-electron chi connectivity index (χ4n) is 7.21. The Morgan fingerprint density at radius 2 is 0.875 bits per heavy atom. The third kappa shape index (κ3) is 6.35. The number of aromatic hydroxyl groups is 2. The van der Waals surface area contributed by atoms with E-state index < -0.39 is 0 Å². The number of phenolic OH excluding ortho intramolecular Hbond substituents is 2. The van der Waals surface area contributed by atoms with Crippen LogP contribution in [0.15, 0.2) is 84.9 Å². The van der Waals surface area contributed by atoms with Gasteiger partial charge in [-0.15, -0.1) is 0 Å². The summed E-state index contributed by atoms with van der Waals surface area (Å²) in [4.78, 5) is 3.10. The Labute approximate surface area is 238 Å². The number of phenols is 2. The number of quaternary nitrogens is 2. The van der Waals surface area contributed by atoms with Gasteiger partial charge in [-0.25, -0.2) is 0 Å². The summed E-state index contributed by atoms with van der Waals surface area (Å²) in [6.45, 7) is 6.23. The van der Waals surface area contributed by atoms with E-state index in [4.69, 9.17) is 0 Å². The van der Waals surface area contributed by atoms with Gasteiger partial charge in [0.1, 0.15) is 24.6 Å². The highest BCUT2D eigenvalue weighted by Crippen LogP contribution is 2.33. The molecule has 6 rings (SSSR count). The van der Waals surface area contributed by atoms with Crippen LogP contribution in [0, 0.1) is 11.8 Å². The number of piperidine rings is 2. The van der Waals surface area contributed by atoms with Crippen molar-refractivity contribution in [3.05, 3.63) is 107 Å². The van der Waals surface area contributed by atoms with Crippen molar-refractivity contribution in [2.24, 2.45) is 11.8 Å². The molecule has 2 aliphatic rings. The highest BCUT2D eigenvalue weighted by atomic mass is 16.3. The third-order valence-electron chi connectivity index (χ3n) is 9.59. The maximum Gasteiger partial charge on any atom is 0.125 e. The van der Waals surface area contributed by atoms with Gasteiger partial charge in [-0.05, 0) is 84.4 Å². The first-order valence-electron chi connectivity index (χ1n) is 15.3. The first-order chi connectivity index (χ1) is 19.6. The minimum absolute atomic E-state index is 0.386. The molecule has 2 heterocycles. The van der Waals surface area contributed by atoms with Gasteiger partial charge in [0.15, 0.2) is 0 Å².